The monoisotopic (exact) mass is 364 g/mol. The van der Waals surface area contributed by atoms with Crippen molar-refractivity contribution in [3.05, 3.63) is 17.7 Å². The van der Waals surface area contributed by atoms with Crippen molar-refractivity contribution in [1.29, 1.82) is 0 Å². The summed E-state index contributed by atoms with van der Waals surface area (Å²) in [5, 5.41) is 0. The first-order valence-electron chi connectivity index (χ1n) is 9.66. The minimum Gasteiger partial charge on any atom is -0.490 e. The molecule has 1 aliphatic heterocycles. The van der Waals surface area contributed by atoms with Crippen molar-refractivity contribution in [3.8, 4) is 17.2 Å². The van der Waals surface area contributed by atoms with Crippen LogP contribution in [0.15, 0.2) is 12.1 Å². The van der Waals surface area contributed by atoms with Gasteiger partial charge in [-0.25, -0.2) is 0 Å². The van der Waals surface area contributed by atoms with Crippen molar-refractivity contribution < 1.29 is 19.0 Å². The molecule has 6 nitrogen and oxygen atoms in total. The Morgan fingerprint density at radius 2 is 1.69 bits per heavy atom. The average molecular weight is 364 g/mol. The van der Waals surface area contributed by atoms with E-state index in [9.17, 15) is 4.79 Å². The predicted molar refractivity (Wildman–Crippen MR) is 102 cm³/mol. The summed E-state index contributed by atoms with van der Waals surface area (Å²) in [5.41, 5.74) is 6.68. The molecule has 2 atom stereocenters. The lowest BCUT2D eigenvalue weighted by Crippen LogP contribution is -2.51. The van der Waals surface area contributed by atoms with E-state index in [2.05, 4.69) is 0 Å². The number of rotatable bonds is 8. The van der Waals surface area contributed by atoms with E-state index >= 15 is 0 Å². The van der Waals surface area contributed by atoms with Crippen LogP contribution in [-0.4, -0.2) is 49.3 Å². The lowest BCUT2D eigenvalue weighted by atomic mass is 9.96. The van der Waals surface area contributed by atoms with Gasteiger partial charge in [0.2, 0.25) is 5.75 Å². The van der Waals surface area contributed by atoms with Gasteiger partial charge in [0.15, 0.2) is 11.5 Å². The van der Waals surface area contributed by atoms with Crippen LogP contribution in [0.5, 0.6) is 17.2 Å². The summed E-state index contributed by atoms with van der Waals surface area (Å²) in [5.74, 6) is 1.60. The molecule has 0 saturated carbocycles. The van der Waals surface area contributed by atoms with Gasteiger partial charge in [0, 0.05) is 24.2 Å². The summed E-state index contributed by atoms with van der Waals surface area (Å²) >= 11 is 0. The number of amides is 1. The predicted octanol–water partition coefficient (Wildman–Crippen LogP) is 3.22. The third-order valence-corrected chi connectivity index (χ3v) is 4.57. The Labute approximate surface area is 156 Å². The van der Waals surface area contributed by atoms with E-state index in [4.69, 9.17) is 19.9 Å². The zero-order valence-electron chi connectivity index (χ0n) is 16.4. The number of ether oxygens (including phenoxy) is 3. The standard InChI is InChI=1S/C20H32N2O4/c1-5-24-17-12-15(13-18(25-6-2)19(17)26-7-3)20(23)22-11-9-8-10-16(22)14(4)21/h12-14,16H,5-11,21H2,1-4H3. The van der Waals surface area contributed by atoms with Gasteiger partial charge < -0.3 is 24.8 Å². The molecule has 2 rings (SSSR count). The molecule has 1 aromatic rings. The largest absolute Gasteiger partial charge is 0.490 e. The molecular formula is C20H32N2O4. The van der Waals surface area contributed by atoms with Crippen LogP contribution in [0.3, 0.4) is 0 Å². The highest BCUT2D eigenvalue weighted by atomic mass is 16.5. The first-order chi connectivity index (χ1) is 12.5. The van der Waals surface area contributed by atoms with Gasteiger partial charge in [-0.2, -0.15) is 0 Å². The van der Waals surface area contributed by atoms with E-state index in [1.165, 1.54) is 0 Å². The molecule has 1 fully saturated rings. The summed E-state index contributed by atoms with van der Waals surface area (Å²) in [7, 11) is 0. The number of nitrogens with two attached hydrogens (primary N) is 1. The minimum atomic E-state index is -0.0559. The summed E-state index contributed by atoms with van der Waals surface area (Å²) in [6.07, 6.45) is 3.05. The maximum absolute atomic E-state index is 13.2. The number of benzene rings is 1. The molecule has 1 aromatic carbocycles. The molecule has 0 bridgehead atoms. The van der Waals surface area contributed by atoms with Crippen molar-refractivity contribution >= 4 is 5.91 Å². The van der Waals surface area contributed by atoms with Gasteiger partial charge in [-0.05, 0) is 59.1 Å². The van der Waals surface area contributed by atoms with Gasteiger partial charge >= 0.3 is 0 Å². The molecule has 1 saturated heterocycles. The van der Waals surface area contributed by atoms with Gasteiger partial charge in [-0.15, -0.1) is 0 Å². The highest BCUT2D eigenvalue weighted by Gasteiger charge is 2.31. The molecule has 26 heavy (non-hydrogen) atoms. The average Bonchev–Trinajstić information content (AvgIpc) is 2.64. The van der Waals surface area contributed by atoms with Crippen molar-refractivity contribution in [2.24, 2.45) is 5.73 Å². The second-order valence-corrected chi connectivity index (χ2v) is 6.52. The molecule has 1 amide bonds. The van der Waals surface area contributed by atoms with Crippen molar-refractivity contribution in [1.82, 2.24) is 4.90 Å². The van der Waals surface area contributed by atoms with E-state index in [0.29, 0.717) is 42.6 Å². The molecule has 0 spiro atoms. The lowest BCUT2D eigenvalue weighted by molar-refractivity contribution is 0.0582. The number of hydrogen-bond acceptors (Lipinski definition) is 5. The van der Waals surface area contributed by atoms with Crippen LogP contribution in [0.4, 0.5) is 0 Å². The number of likely N-dealkylation sites (tertiary alicyclic amines) is 1. The zero-order valence-corrected chi connectivity index (χ0v) is 16.4. The molecule has 0 aliphatic carbocycles. The van der Waals surface area contributed by atoms with Gasteiger partial charge in [0.25, 0.3) is 5.91 Å². The van der Waals surface area contributed by atoms with E-state index in [1.807, 2.05) is 32.6 Å². The lowest BCUT2D eigenvalue weighted by Gasteiger charge is -2.38. The Bertz CT molecular complexity index is 576. The minimum absolute atomic E-state index is 0.0306. The number of carbonyl (C=O) groups excluding carboxylic acids is 1. The van der Waals surface area contributed by atoms with Crippen LogP contribution in [0.2, 0.25) is 0 Å². The van der Waals surface area contributed by atoms with Gasteiger partial charge in [-0.1, -0.05) is 0 Å². The van der Waals surface area contributed by atoms with E-state index in [0.717, 1.165) is 25.8 Å². The summed E-state index contributed by atoms with van der Waals surface area (Å²) in [4.78, 5) is 15.1. The van der Waals surface area contributed by atoms with Crippen LogP contribution in [0.25, 0.3) is 0 Å². The molecule has 2 N–H and O–H groups in total. The maximum atomic E-state index is 13.2. The van der Waals surface area contributed by atoms with Crippen LogP contribution in [0, 0.1) is 0 Å². The molecule has 1 heterocycles. The number of carbonyl (C=O) groups is 1. The Morgan fingerprint density at radius 1 is 1.12 bits per heavy atom. The van der Waals surface area contributed by atoms with Crippen molar-refractivity contribution in [3.63, 3.8) is 0 Å². The highest BCUT2D eigenvalue weighted by molar-refractivity contribution is 5.96. The Hall–Kier alpha value is -1.95. The fourth-order valence-electron chi connectivity index (χ4n) is 3.43. The number of nitrogens with zero attached hydrogens (tertiary/aromatic N) is 1. The van der Waals surface area contributed by atoms with E-state index < -0.39 is 0 Å². The van der Waals surface area contributed by atoms with E-state index in [-0.39, 0.29) is 18.0 Å². The SMILES string of the molecule is CCOc1cc(C(=O)N2CCCCC2C(C)N)cc(OCC)c1OCC. The molecular weight excluding hydrogens is 332 g/mol. The molecule has 1 aliphatic rings. The summed E-state index contributed by atoms with van der Waals surface area (Å²) < 4.78 is 17.2. The van der Waals surface area contributed by atoms with Crippen molar-refractivity contribution in [2.45, 2.75) is 59.0 Å². The van der Waals surface area contributed by atoms with Crippen molar-refractivity contribution in [2.75, 3.05) is 26.4 Å². The quantitative estimate of drug-likeness (QED) is 0.767. The zero-order chi connectivity index (χ0) is 19.1. The number of piperidine rings is 1. The molecule has 146 valence electrons. The second kappa shape index (κ2) is 9.67. The van der Waals surface area contributed by atoms with Gasteiger partial charge in [-0.3, -0.25) is 4.79 Å². The van der Waals surface area contributed by atoms with Crippen LogP contribution >= 0.6 is 0 Å². The fourth-order valence-corrected chi connectivity index (χ4v) is 3.43. The topological polar surface area (TPSA) is 74.0 Å². The summed E-state index contributed by atoms with van der Waals surface area (Å²) in [6.45, 7) is 9.86. The normalized spacial score (nSPS) is 18.3. The van der Waals surface area contributed by atoms with Gasteiger partial charge in [0.05, 0.1) is 19.8 Å². The highest BCUT2D eigenvalue weighted by Crippen LogP contribution is 2.39. The maximum Gasteiger partial charge on any atom is 0.254 e. The fraction of sp³-hybridized carbons (Fsp3) is 0.650. The first kappa shape index (κ1) is 20.4. The van der Waals surface area contributed by atoms with Crippen LogP contribution in [0.1, 0.15) is 57.3 Å². The summed E-state index contributed by atoms with van der Waals surface area (Å²) in [6, 6.07) is 3.52. The van der Waals surface area contributed by atoms with Crippen LogP contribution < -0.4 is 19.9 Å². The smallest absolute Gasteiger partial charge is 0.254 e. The Kier molecular flexibility index (Phi) is 7.57. The molecule has 0 radical (unpaired) electrons. The van der Waals surface area contributed by atoms with Crippen LogP contribution in [-0.2, 0) is 0 Å². The Balaban J connectivity index is 2.41. The molecule has 0 aromatic heterocycles. The van der Waals surface area contributed by atoms with E-state index in [1.54, 1.807) is 12.1 Å². The third kappa shape index (κ3) is 4.61. The number of hydrogen-bond donors (Lipinski definition) is 1. The third-order valence-electron chi connectivity index (χ3n) is 4.57. The first-order valence-corrected chi connectivity index (χ1v) is 9.66. The molecule has 2 unspecified atom stereocenters. The second-order valence-electron chi connectivity index (χ2n) is 6.52. The van der Waals surface area contributed by atoms with Gasteiger partial charge in [0.1, 0.15) is 0 Å². The Morgan fingerprint density at radius 3 is 2.19 bits per heavy atom. The molecule has 6 heteroatoms.